The monoisotopic (exact) mass is 250 g/mol. The Morgan fingerprint density at radius 2 is 1.74 bits per heavy atom. The Hall–Kier alpha value is -2.89. The Morgan fingerprint density at radius 1 is 0.895 bits per heavy atom. The zero-order valence-electron chi connectivity index (χ0n) is 9.93. The molecule has 6 heteroatoms. The first-order valence-electron chi connectivity index (χ1n) is 5.91. The molecule has 0 radical (unpaired) electrons. The molecule has 0 fully saturated rings. The van der Waals surface area contributed by atoms with E-state index in [0.717, 1.165) is 17.0 Å². The molecule has 1 N–H and O–H groups in total. The number of nitrogens with one attached hydrogen (secondary N) is 1. The third-order valence-corrected chi connectivity index (χ3v) is 2.94. The minimum absolute atomic E-state index is 0.657. The van der Waals surface area contributed by atoms with E-state index in [1.807, 2.05) is 57.7 Å². The normalized spacial score (nSPS) is 11.2. The molecule has 3 aromatic heterocycles. The maximum atomic E-state index is 4.26. The van der Waals surface area contributed by atoms with Gasteiger partial charge in [0.15, 0.2) is 11.3 Å². The molecule has 0 amide bonds. The first kappa shape index (κ1) is 10.1. The number of anilines is 2. The summed E-state index contributed by atoms with van der Waals surface area (Å²) < 4.78 is 3.79. The van der Waals surface area contributed by atoms with Gasteiger partial charge in [0.05, 0.1) is 0 Å². The van der Waals surface area contributed by atoms with Crippen molar-refractivity contribution < 1.29 is 0 Å². The lowest BCUT2D eigenvalue weighted by Gasteiger charge is -2.05. The van der Waals surface area contributed by atoms with Gasteiger partial charge >= 0.3 is 0 Å². The molecule has 4 aromatic rings. The zero-order chi connectivity index (χ0) is 12.7. The SMILES string of the molecule is c1ccc(Nc2nnc3ccc4nccn4n23)cc1. The number of nitrogens with zero attached hydrogens (tertiary/aromatic N) is 5. The largest absolute Gasteiger partial charge is 0.323 e. The number of hydrogen-bond acceptors (Lipinski definition) is 4. The Kier molecular flexibility index (Phi) is 2.02. The van der Waals surface area contributed by atoms with E-state index in [0.29, 0.717) is 5.95 Å². The van der Waals surface area contributed by atoms with Gasteiger partial charge in [-0.3, -0.25) is 0 Å². The van der Waals surface area contributed by atoms with E-state index >= 15 is 0 Å². The summed E-state index contributed by atoms with van der Waals surface area (Å²) in [5.41, 5.74) is 2.58. The molecule has 3 heterocycles. The Morgan fingerprint density at radius 3 is 2.63 bits per heavy atom. The molecule has 0 unspecified atom stereocenters. The molecule has 0 saturated carbocycles. The summed E-state index contributed by atoms with van der Waals surface area (Å²) in [6, 6.07) is 13.7. The van der Waals surface area contributed by atoms with E-state index in [-0.39, 0.29) is 0 Å². The molecule has 0 saturated heterocycles. The highest BCUT2D eigenvalue weighted by Gasteiger charge is 2.08. The van der Waals surface area contributed by atoms with Crippen molar-refractivity contribution in [1.82, 2.24) is 24.2 Å². The van der Waals surface area contributed by atoms with Crippen molar-refractivity contribution in [1.29, 1.82) is 0 Å². The average Bonchev–Trinajstić information content (AvgIpc) is 3.06. The van der Waals surface area contributed by atoms with Crippen molar-refractivity contribution in [2.45, 2.75) is 0 Å². The summed E-state index contributed by atoms with van der Waals surface area (Å²) in [5, 5.41) is 11.6. The van der Waals surface area contributed by atoms with E-state index in [1.165, 1.54) is 0 Å². The van der Waals surface area contributed by atoms with Crippen LogP contribution in [0.25, 0.3) is 11.3 Å². The summed E-state index contributed by atoms with van der Waals surface area (Å²) >= 11 is 0. The molecule has 0 bridgehead atoms. The second kappa shape index (κ2) is 3.81. The summed E-state index contributed by atoms with van der Waals surface area (Å²) in [5.74, 6) is 0.657. The molecule has 0 aliphatic rings. The van der Waals surface area contributed by atoms with Crippen molar-refractivity contribution in [3.05, 3.63) is 54.9 Å². The van der Waals surface area contributed by atoms with Gasteiger partial charge in [-0.2, -0.15) is 4.52 Å². The van der Waals surface area contributed by atoms with Crippen molar-refractivity contribution in [2.24, 2.45) is 0 Å². The number of benzene rings is 1. The van der Waals surface area contributed by atoms with Gasteiger partial charge in [-0.1, -0.05) is 18.2 Å². The van der Waals surface area contributed by atoms with Crippen LogP contribution in [0.3, 0.4) is 0 Å². The van der Waals surface area contributed by atoms with Gasteiger partial charge in [0.2, 0.25) is 5.95 Å². The van der Waals surface area contributed by atoms with E-state index in [9.17, 15) is 0 Å². The number of fused-ring (bicyclic) bond motifs is 3. The molecule has 1 aromatic carbocycles. The van der Waals surface area contributed by atoms with Crippen LogP contribution in [0.5, 0.6) is 0 Å². The third-order valence-electron chi connectivity index (χ3n) is 2.94. The van der Waals surface area contributed by atoms with Crippen LogP contribution in [0, 0.1) is 0 Å². The molecule has 0 spiro atoms. The molecular weight excluding hydrogens is 240 g/mol. The van der Waals surface area contributed by atoms with Crippen LogP contribution in [0.2, 0.25) is 0 Å². The first-order chi connectivity index (χ1) is 9.42. The van der Waals surface area contributed by atoms with Crippen LogP contribution in [0.15, 0.2) is 54.9 Å². The van der Waals surface area contributed by atoms with Gasteiger partial charge in [-0.15, -0.1) is 10.2 Å². The number of aromatic nitrogens is 5. The quantitative estimate of drug-likeness (QED) is 0.592. The van der Waals surface area contributed by atoms with E-state index < -0.39 is 0 Å². The highest BCUT2D eigenvalue weighted by molar-refractivity contribution is 5.57. The zero-order valence-corrected chi connectivity index (χ0v) is 9.93. The number of imidazole rings is 1. The number of rotatable bonds is 2. The minimum Gasteiger partial charge on any atom is -0.323 e. The third kappa shape index (κ3) is 1.54. The average molecular weight is 250 g/mol. The first-order valence-corrected chi connectivity index (χ1v) is 5.91. The predicted octanol–water partition coefficient (Wildman–Crippen LogP) is 2.12. The fraction of sp³-hybridized carbons (Fsp3) is 0. The predicted molar refractivity (Wildman–Crippen MR) is 71.5 cm³/mol. The molecule has 19 heavy (non-hydrogen) atoms. The standard InChI is InChI=1S/C13H10N6/c1-2-4-10(5-3-1)15-13-17-16-12-7-6-11-14-8-9-18(11)19(12)13/h1-9H,(H,15,17). The second-order valence-corrected chi connectivity index (χ2v) is 4.15. The maximum absolute atomic E-state index is 4.26. The smallest absolute Gasteiger partial charge is 0.249 e. The van der Waals surface area contributed by atoms with Gasteiger partial charge in [0.1, 0.15) is 0 Å². The van der Waals surface area contributed by atoms with Crippen molar-refractivity contribution in [3.8, 4) is 0 Å². The molecule has 0 atom stereocenters. The summed E-state index contributed by atoms with van der Waals surface area (Å²) in [6.45, 7) is 0. The Labute approximate surface area is 108 Å². The van der Waals surface area contributed by atoms with Gasteiger partial charge in [0, 0.05) is 18.1 Å². The molecule has 0 aliphatic heterocycles. The highest BCUT2D eigenvalue weighted by atomic mass is 15.5. The van der Waals surface area contributed by atoms with Crippen LogP contribution >= 0.6 is 0 Å². The molecule has 0 aliphatic carbocycles. The van der Waals surface area contributed by atoms with Gasteiger partial charge in [-0.05, 0) is 24.3 Å². The molecule has 4 rings (SSSR count). The van der Waals surface area contributed by atoms with Crippen LogP contribution in [-0.4, -0.2) is 24.2 Å². The number of para-hydroxylation sites is 1. The van der Waals surface area contributed by atoms with Crippen molar-refractivity contribution in [2.75, 3.05) is 5.32 Å². The lowest BCUT2D eigenvalue weighted by atomic mass is 10.3. The van der Waals surface area contributed by atoms with Crippen LogP contribution < -0.4 is 5.32 Å². The van der Waals surface area contributed by atoms with Gasteiger partial charge < -0.3 is 5.32 Å². The summed E-state index contributed by atoms with van der Waals surface area (Å²) in [7, 11) is 0. The lowest BCUT2D eigenvalue weighted by Crippen LogP contribution is -2.03. The van der Waals surface area contributed by atoms with E-state index in [1.54, 1.807) is 6.20 Å². The highest BCUT2D eigenvalue weighted by Crippen LogP contribution is 2.16. The van der Waals surface area contributed by atoms with E-state index in [2.05, 4.69) is 20.5 Å². The van der Waals surface area contributed by atoms with Crippen molar-refractivity contribution >= 4 is 22.9 Å². The Bertz CT molecular complexity index is 845. The fourth-order valence-corrected chi connectivity index (χ4v) is 2.08. The van der Waals surface area contributed by atoms with E-state index in [4.69, 9.17) is 0 Å². The molecule has 6 nitrogen and oxygen atoms in total. The van der Waals surface area contributed by atoms with Crippen LogP contribution in [-0.2, 0) is 0 Å². The van der Waals surface area contributed by atoms with Gasteiger partial charge in [0.25, 0.3) is 0 Å². The fourth-order valence-electron chi connectivity index (χ4n) is 2.08. The number of hydrogen-bond donors (Lipinski definition) is 1. The Balaban J connectivity index is 1.92. The molecule has 92 valence electrons. The maximum Gasteiger partial charge on any atom is 0.249 e. The van der Waals surface area contributed by atoms with Crippen LogP contribution in [0.4, 0.5) is 11.6 Å². The minimum atomic E-state index is 0.657. The second-order valence-electron chi connectivity index (χ2n) is 4.15. The van der Waals surface area contributed by atoms with Crippen molar-refractivity contribution in [3.63, 3.8) is 0 Å². The summed E-state index contributed by atoms with van der Waals surface area (Å²) in [4.78, 5) is 4.26. The lowest BCUT2D eigenvalue weighted by molar-refractivity contribution is 0.857. The topological polar surface area (TPSA) is 59.5 Å². The van der Waals surface area contributed by atoms with Crippen LogP contribution in [0.1, 0.15) is 0 Å². The summed E-state index contributed by atoms with van der Waals surface area (Å²) in [6.07, 6.45) is 3.63. The van der Waals surface area contributed by atoms with Gasteiger partial charge in [-0.25, -0.2) is 9.50 Å². The molecular formula is C13H10N6.